The van der Waals surface area contributed by atoms with Crippen molar-refractivity contribution < 1.29 is 14.6 Å². The van der Waals surface area contributed by atoms with Crippen molar-refractivity contribution in [3.8, 4) is 11.1 Å². The first-order valence-electron chi connectivity index (χ1n) is 8.06. The lowest BCUT2D eigenvalue weighted by atomic mass is 9.98. The molecule has 0 radical (unpaired) electrons. The molecule has 1 atom stereocenters. The third kappa shape index (κ3) is 2.75. The lowest BCUT2D eigenvalue weighted by molar-refractivity contribution is -0.173. The molecule has 122 valence electrons. The highest BCUT2D eigenvalue weighted by atomic mass is 16.6. The molecule has 0 aromatic heterocycles. The Hall–Kier alpha value is -3.17. The van der Waals surface area contributed by atoms with Crippen molar-refractivity contribution in [2.75, 3.05) is 0 Å². The minimum Gasteiger partial charge on any atom is -0.450 e. The van der Waals surface area contributed by atoms with Crippen LogP contribution >= 0.6 is 0 Å². The molecule has 0 saturated heterocycles. The fourth-order valence-corrected chi connectivity index (χ4v) is 2.92. The first-order chi connectivity index (χ1) is 12.2. The minimum absolute atomic E-state index is 0.375. The van der Waals surface area contributed by atoms with Gasteiger partial charge in [-0.2, -0.15) is 0 Å². The smallest absolute Gasteiger partial charge is 0.299 e. The average Bonchev–Trinajstić information content (AvgIpc) is 2.99. The number of aliphatic hydroxyl groups is 1. The highest BCUT2D eigenvalue weighted by molar-refractivity contribution is 6.04. The van der Waals surface area contributed by atoms with E-state index in [4.69, 9.17) is 4.74 Å². The van der Waals surface area contributed by atoms with E-state index in [9.17, 15) is 9.90 Å². The summed E-state index contributed by atoms with van der Waals surface area (Å²) in [5.74, 6) is -2.07. The topological polar surface area (TPSA) is 46.5 Å². The van der Waals surface area contributed by atoms with Crippen LogP contribution in [0.2, 0.25) is 0 Å². The summed E-state index contributed by atoms with van der Waals surface area (Å²) in [5.41, 5.74) is 3.25. The highest BCUT2D eigenvalue weighted by Gasteiger charge is 2.45. The van der Waals surface area contributed by atoms with Gasteiger partial charge in [0.2, 0.25) is 5.78 Å². The summed E-state index contributed by atoms with van der Waals surface area (Å²) in [7, 11) is 0. The summed E-state index contributed by atoms with van der Waals surface area (Å²) in [5, 5.41) is 10.8. The Morgan fingerprint density at radius 1 is 0.680 bits per heavy atom. The number of carbonyl (C=O) groups is 1. The van der Waals surface area contributed by atoms with E-state index in [0.717, 1.165) is 16.7 Å². The fourth-order valence-electron chi connectivity index (χ4n) is 2.92. The minimum atomic E-state index is -1.97. The van der Waals surface area contributed by atoms with E-state index >= 15 is 0 Å². The van der Waals surface area contributed by atoms with Gasteiger partial charge in [0, 0.05) is 17.2 Å². The monoisotopic (exact) mass is 328 g/mol. The summed E-state index contributed by atoms with van der Waals surface area (Å²) in [6, 6.07) is 26.4. The highest BCUT2D eigenvalue weighted by Crippen LogP contribution is 2.37. The van der Waals surface area contributed by atoms with Crippen LogP contribution < -0.4 is 0 Å². The van der Waals surface area contributed by atoms with Crippen molar-refractivity contribution >= 4 is 11.5 Å². The van der Waals surface area contributed by atoms with Crippen molar-refractivity contribution in [3.05, 3.63) is 102 Å². The standard InChI is InChI=1S/C22H16O3/c23-21-15-20(18-9-5-2-6-10-18)25-22(21,24)19-13-11-17(12-14-19)16-7-3-1-4-8-16/h1-15,24H. The molecule has 0 bridgehead atoms. The van der Waals surface area contributed by atoms with Crippen LogP contribution in [0.1, 0.15) is 11.1 Å². The van der Waals surface area contributed by atoms with Gasteiger partial charge in [0.25, 0.3) is 5.79 Å². The number of carbonyl (C=O) groups excluding carboxylic acids is 1. The van der Waals surface area contributed by atoms with E-state index in [1.165, 1.54) is 6.08 Å². The molecule has 3 aromatic carbocycles. The van der Waals surface area contributed by atoms with E-state index in [-0.39, 0.29) is 0 Å². The maximum absolute atomic E-state index is 12.4. The fraction of sp³-hybridized carbons (Fsp3) is 0.0455. The number of hydrogen-bond acceptors (Lipinski definition) is 3. The van der Waals surface area contributed by atoms with Crippen LogP contribution in [0.4, 0.5) is 0 Å². The van der Waals surface area contributed by atoms with Crippen molar-refractivity contribution in [1.82, 2.24) is 0 Å². The van der Waals surface area contributed by atoms with Gasteiger partial charge in [-0.3, -0.25) is 4.79 Å². The van der Waals surface area contributed by atoms with E-state index < -0.39 is 11.6 Å². The van der Waals surface area contributed by atoms with Gasteiger partial charge in [-0.15, -0.1) is 0 Å². The van der Waals surface area contributed by atoms with E-state index in [1.807, 2.05) is 72.8 Å². The molecule has 0 spiro atoms. The SMILES string of the molecule is O=C1C=C(c2ccccc2)OC1(O)c1ccc(-c2ccccc2)cc1. The van der Waals surface area contributed by atoms with E-state index in [1.54, 1.807) is 12.1 Å². The summed E-state index contributed by atoms with van der Waals surface area (Å²) >= 11 is 0. The molecule has 4 rings (SSSR count). The summed E-state index contributed by atoms with van der Waals surface area (Å²) in [4.78, 5) is 12.4. The Balaban J connectivity index is 1.63. The van der Waals surface area contributed by atoms with Gasteiger partial charge in [0.15, 0.2) is 0 Å². The molecule has 0 saturated carbocycles. The maximum Gasteiger partial charge on any atom is 0.299 e. The van der Waals surface area contributed by atoms with Gasteiger partial charge in [-0.1, -0.05) is 84.9 Å². The Bertz CT molecular complexity index is 928. The zero-order chi connectivity index (χ0) is 17.3. The molecule has 3 nitrogen and oxygen atoms in total. The van der Waals surface area contributed by atoms with Gasteiger partial charge < -0.3 is 9.84 Å². The molecule has 3 aromatic rings. The van der Waals surface area contributed by atoms with Crippen LogP contribution in [-0.2, 0) is 15.3 Å². The predicted molar refractivity (Wildman–Crippen MR) is 96.3 cm³/mol. The van der Waals surface area contributed by atoms with Crippen LogP contribution in [-0.4, -0.2) is 10.9 Å². The Morgan fingerprint density at radius 3 is 1.80 bits per heavy atom. The third-order valence-corrected chi connectivity index (χ3v) is 4.30. The van der Waals surface area contributed by atoms with E-state index in [0.29, 0.717) is 11.3 Å². The van der Waals surface area contributed by atoms with Crippen LogP contribution in [0.15, 0.2) is 91.0 Å². The average molecular weight is 328 g/mol. The van der Waals surface area contributed by atoms with Crippen LogP contribution in [0, 0.1) is 0 Å². The molecular weight excluding hydrogens is 312 g/mol. The largest absolute Gasteiger partial charge is 0.450 e. The van der Waals surface area contributed by atoms with Gasteiger partial charge in [-0.25, -0.2) is 0 Å². The lowest BCUT2D eigenvalue weighted by Gasteiger charge is -2.23. The second kappa shape index (κ2) is 6.04. The van der Waals surface area contributed by atoms with Crippen LogP contribution in [0.5, 0.6) is 0 Å². The van der Waals surface area contributed by atoms with Crippen LogP contribution in [0.3, 0.4) is 0 Å². The third-order valence-electron chi connectivity index (χ3n) is 4.30. The van der Waals surface area contributed by atoms with E-state index in [2.05, 4.69) is 0 Å². The normalized spacial score (nSPS) is 19.4. The Labute approximate surface area is 145 Å². The lowest BCUT2D eigenvalue weighted by Crippen LogP contribution is -2.32. The molecule has 0 amide bonds. The Morgan fingerprint density at radius 2 is 1.20 bits per heavy atom. The number of ether oxygens (including phenoxy) is 1. The van der Waals surface area contributed by atoms with Crippen molar-refractivity contribution in [1.29, 1.82) is 0 Å². The molecule has 0 fully saturated rings. The molecule has 25 heavy (non-hydrogen) atoms. The maximum atomic E-state index is 12.4. The molecule has 1 aliphatic rings. The van der Waals surface area contributed by atoms with Gasteiger partial charge >= 0.3 is 0 Å². The summed E-state index contributed by atoms with van der Waals surface area (Å²) < 4.78 is 5.65. The molecule has 1 N–H and O–H groups in total. The number of benzene rings is 3. The summed E-state index contributed by atoms with van der Waals surface area (Å²) in [6.07, 6.45) is 1.35. The van der Waals surface area contributed by atoms with Gasteiger partial charge in [0.05, 0.1) is 0 Å². The van der Waals surface area contributed by atoms with Gasteiger partial charge in [-0.05, 0) is 11.1 Å². The van der Waals surface area contributed by atoms with Crippen molar-refractivity contribution in [3.63, 3.8) is 0 Å². The molecule has 1 aliphatic heterocycles. The summed E-state index contributed by atoms with van der Waals surface area (Å²) in [6.45, 7) is 0. The first-order valence-corrected chi connectivity index (χ1v) is 8.06. The molecule has 3 heteroatoms. The number of rotatable bonds is 3. The molecule has 1 heterocycles. The molecular formula is C22H16O3. The first kappa shape index (κ1) is 15.4. The number of hydrogen-bond donors (Lipinski definition) is 1. The van der Waals surface area contributed by atoms with Crippen molar-refractivity contribution in [2.45, 2.75) is 5.79 Å². The number of ketones is 1. The second-order valence-corrected chi connectivity index (χ2v) is 5.93. The van der Waals surface area contributed by atoms with Crippen molar-refractivity contribution in [2.24, 2.45) is 0 Å². The van der Waals surface area contributed by atoms with Gasteiger partial charge in [0.1, 0.15) is 5.76 Å². The predicted octanol–water partition coefficient (Wildman–Crippen LogP) is 4.14. The van der Waals surface area contributed by atoms with Crippen LogP contribution in [0.25, 0.3) is 16.9 Å². The Kier molecular flexibility index (Phi) is 3.71. The molecule has 1 unspecified atom stereocenters. The molecule has 0 aliphatic carbocycles. The zero-order valence-electron chi connectivity index (χ0n) is 13.4. The zero-order valence-corrected chi connectivity index (χ0v) is 13.4. The quantitative estimate of drug-likeness (QED) is 0.786. The second-order valence-electron chi connectivity index (χ2n) is 5.93.